The fourth-order valence-corrected chi connectivity index (χ4v) is 3.57. The van der Waals surface area contributed by atoms with Crippen LogP contribution in [0.15, 0.2) is 46.8 Å². The van der Waals surface area contributed by atoms with Crippen molar-refractivity contribution in [3.8, 4) is 5.75 Å². The number of allylic oxidation sites excluding steroid dienone is 1. The number of hydrogen-bond acceptors (Lipinski definition) is 5. The average molecular weight is 508 g/mol. The maximum Gasteiger partial charge on any atom is 0.418 e. The Bertz CT molecular complexity index is 1210. The number of carbonyl (C=O) groups is 1. The van der Waals surface area contributed by atoms with Crippen LogP contribution in [0.25, 0.3) is 6.08 Å². The van der Waals surface area contributed by atoms with Crippen molar-refractivity contribution in [2.45, 2.75) is 19.0 Å². The Morgan fingerprint density at radius 1 is 1.22 bits per heavy atom. The van der Waals surface area contributed by atoms with Gasteiger partial charge in [0.2, 0.25) is 5.95 Å². The SMILES string of the molecule is CNC(=O)c1cc(OC2=Cc3nc(Nc4ccc(Br)cc4C(F)(F)F)[nH]c3CC2)ccn1. The molecule has 4 rings (SSSR count). The number of halogens is 4. The number of H-pyrrole nitrogens is 1. The van der Waals surface area contributed by atoms with Crippen LogP contribution < -0.4 is 15.4 Å². The number of alkyl halides is 3. The van der Waals surface area contributed by atoms with Crippen molar-refractivity contribution in [3.63, 3.8) is 0 Å². The number of amides is 1. The molecule has 0 bridgehead atoms. The van der Waals surface area contributed by atoms with Gasteiger partial charge < -0.3 is 20.4 Å². The molecule has 3 N–H and O–H groups in total. The zero-order valence-electron chi connectivity index (χ0n) is 16.7. The van der Waals surface area contributed by atoms with Crippen LogP contribution in [-0.4, -0.2) is 27.9 Å². The van der Waals surface area contributed by atoms with Crippen LogP contribution in [0.3, 0.4) is 0 Å². The number of nitrogens with zero attached hydrogens (tertiary/aromatic N) is 2. The summed E-state index contributed by atoms with van der Waals surface area (Å²) >= 11 is 3.07. The average Bonchev–Trinajstić information content (AvgIpc) is 3.15. The molecular weight excluding hydrogens is 491 g/mol. The van der Waals surface area contributed by atoms with E-state index in [0.29, 0.717) is 34.5 Å². The number of imidazole rings is 1. The second-order valence-electron chi connectivity index (χ2n) is 6.93. The van der Waals surface area contributed by atoms with Crippen LogP contribution in [-0.2, 0) is 12.6 Å². The lowest BCUT2D eigenvalue weighted by atomic mass is 10.1. The van der Waals surface area contributed by atoms with E-state index in [9.17, 15) is 18.0 Å². The molecule has 0 saturated heterocycles. The molecule has 0 saturated carbocycles. The molecule has 0 atom stereocenters. The van der Waals surface area contributed by atoms with E-state index >= 15 is 0 Å². The summed E-state index contributed by atoms with van der Waals surface area (Å²) in [7, 11) is 1.51. The Balaban J connectivity index is 1.54. The molecule has 166 valence electrons. The monoisotopic (exact) mass is 507 g/mol. The van der Waals surface area contributed by atoms with Gasteiger partial charge in [-0.1, -0.05) is 15.9 Å². The lowest BCUT2D eigenvalue weighted by Crippen LogP contribution is -2.19. The van der Waals surface area contributed by atoms with Gasteiger partial charge in [-0.15, -0.1) is 0 Å². The minimum atomic E-state index is -4.52. The molecule has 0 aliphatic heterocycles. The maximum absolute atomic E-state index is 13.4. The number of fused-ring (bicyclic) bond motifs is 1. The molecule has 0 radical (unpaired) electrons. The predicted octanol–water partition coefficient (Wildman–Crippen LogP) is 5.06. The van der Waals surface area contributed by atoms with E-state index in [-0.39, 0.29) is 23.2 Å². The number of carbonyl (C=O) groups excluding carboxylic acids is 1. The van der Waals surface area contributed by atoms with Gasteiger partial charge in [0.15, 0.2) is 0 Å². The Morgan fingerprint density at radius 3 is 2.78 bits per heavy atom. The summed E-state index contributed by atoms with van der Waals surface area (Å²) in [6, 6.07) is 7.03. The molecule has 0 unspecified atom stereocenters. The molecule has 3 aromatic rings. The number of anilines is 2. The van der Waals surface area contributed by atoms with E-state index < -0.39 is 11.7 Å². The molecular formula is C21H17BrF3N5O2. The number of nitrogens with one attached hydrogen (secondary N) is 3. The molecule has 0 spiro atoms. The first-order valence-electron chi connectivity index (χ1n) is 9.52. The minimum Gasteiger partial charge on any atom is -0.462 e. The van der Waals surface area contributed by atoms with Gasteiger partial charge in [-0.05, 0) is 30.7 Å². The first kappa shape index (κ1) is 21.9. The van der Waals surface area contributed by atoms with E-state index in [4.69, 9.17) is 4.74 Å². The second kappa shape index (κ2) is 8.65. The van der Waals surface area contributed by atoms with E-state index in [1.165, 1.54) is 31.4 Å². The van der Waals surface area contributed by atoms with Crippen LogP contribution >= 0.6 is 15.9 Å². The van der Waals surface area contributed by atoms with Crippen molar-refractivity contribution < 1.29 is 22.7 Å². The number of hydrogen-bond donors (Lipinski definition) is 3. The third kappa shape index (κ3) is 4.77. The smallest absolute Gasteiger partial charge is 0.418 e. The van der Waals surface area contributed by atoms with Crippen molar-refractivity contribution in [3.05, 3.63) is 69.4 Å². The van der Waals surface area contributed by atoms with Crippen molar-refractivity contribution in [1.82, 2.24) is 20.3 Å². The number of rotatable bonds is 5. The number of aromatic nitrogens is 3. The van der Waals surface area contributed by atoms with Gasteiger partial charge in [-0.25, -0.2) is 4.98 Å². The summed E-state index contributed by atoms with van der Waals surface area (Å²) in [4.78, 5) is 23.1. The van der Waals surface area contributed by atoms with E-state index in [2.05, 4.69) is 41.5 Å². The number of aromatic amines is 1. The summed E-state index contributed by atoms with van der Waals surface area (Å²) in [5.74, 6) is 0.937. The highest BCUT2D eigenvalue weighted by Crippen LogP contribution is 2.38. The van der Waals surface area contributed by atoms with Gasteiger partial charge in [0, 0.05) is 42.0 Å². The maximum atomic E-state index is 13.4. The van der Waals surface area contributed by atoms with Crippen LogP contribution in [0.4, 0.5) is 24.8 Å². The standard InChI is InChI=1S/C21H17BrF3N5O2/c1-26-19(31)18-10-13(6-7-27-18)32-12-3-5-16-17(9-12)30-20(29-16)28-15-4-2-11(22)8-14(15)21(23,24)25/h2,4,6-10H,3,5H2,1H3,(H,26,31)(H2,28,29,30). The Hall–Kier alpha value is -3.34. The first-order chi connectivity index (χ1) is 15.2. The number of aryl methyl sites for hydroxylation is 1. The van der Waals surface area contributed by atoms with E-state index in [1.54, 1.807) is 12.1 Å². The Labute approximate surface area is 189 Å². The second-order valence-corrected chi connectivity index (χ2v) is 7.85. The van der Waals surface area contributed by atoms with Gasteiger partial charge >= 0.3 is 6.18 Å². The molecule has 32 heavy (non-hydrogen) atoms. The van der Waals surface area contributed by atoms with Gasteiger partial charge in [0.25, 0.3) is 5.91 Å². The molecule has 2 aromatic heterocycles. The summed E-state index contributed by atoms with van der Waals surface area (Å²) in [6.07, 6.45) is -0.208. The highest BCUT2D eigenvalue weighted by molar-refractivity contribution is 9.10. The van der Waals surface area contributed by atoms with Gasteiger partial charge in [-0.2, -0.15) is 13.2 Å². The summed E-state index contributed by atoms with van der Waals surface area (Å²) in [5, 5.41) is 5.22. The third-order valence-corrected chi connectivity index (χ3v) is 5.20. The quantitative estimate of drug-likeness (QED) is 0.449. The van der Waals surface area contributed by atoms with Crippen molar-refractivity contribution in [2.24, 2.45) is 0 Å². The highest BCUT2D eigenvalue weighted by atomic mass is 79.9. The number of pyridine rings is 1. The zero-order valence-corrected chi connectivity index (χ0v) is 18.3. The van der Waals surface area contributed by atoms with Crippen LogP contribution in [0.1, 0.15) is 33.9 Å². The van der Waals surface area contributed by atoms with Crippen LogP contribution in [0.5, 0.6) is 5.75 Å². The van der Waals surface area contributed by atoms with Gasteiger partial charge in [0.05, 0.1) is 16.9 Å². The number of benzene rings is 1. The van der Waals surface area contributed by atoms with Crippen molar-refractivity contribution >= 4 is 39.5 Å². The minimum absolute atomic E-state index is 0.106. The van der Waals surface area contributed by atoms with Crippen LogP contribution in [0, 0.1) is 0 Å². The van der Waals surface area contributed by atoms with Crippen molar-refractivity contribution in [1.29, 1.82) is 0 Å². The fourth-order valence-electron chi connectivity index (χ4n) is 3.21. The Morgan fingerprint density at radius 2 is 2.03 bits per heavy atom. The molecule has 1 aliphatic carbocycles. The topological polar surface area (TPSA) is 91.9 Å². The first-order valence-corrected chi connectivity index (χ1v) is 10.3. The highest BCUT2D eigenvalue weighted by Gasteiger charge is 2.34. The number of ether oxygens (including phenoxy) is 1. The lowest BCUT2D eigenvalue weighted by molar-refractivity contribution is -0.137. The van der Waals surface area contributed by atoms with E-state index in [0.717, 1.165) is 11.8 Å². The van der Waals surface area contributed by atoms with Gasteiger partial charge in [0.1, 0.15) is 17.2 Å². The van der Waals surface area contributed by atoms with E-state index in [1.807, 2.05) is 0 Å². The van der Waals surface area contributed by atoms with Gasteiger partial charge in [-0.3, -0.25) is 9.78 Å². The normalized spacial score (nSPS) is 13.2. The molecule has 2 heterocycles. The summed E-state index contributed by atoms with van der Waals surface area (Å²) in [5.41, 5.74) is 0.672. The summed E-state index contributed by atoms with van der Waals surface area (Å²) < 4.78 is 46.3. The largest absolute Gasteiger partial charge is 0.462 e. The molecule has 0 fully saturated rings. The third-order valence-electron chi connectivity index (χ3n) is 4.71. The molecule has 1 amide bonds. The fraction of sp³-hybridized carbons (Fsp3) is 0.190. The molecule has 1 aliphatic rings. The zero-order chi connectivity index (χ0) is 22.9. The lowest BCUT2D eigenvalue weighted by Gasteiger charge is -2.14. The van der Waals surface area contributed by atoms with Crippen LogP contribution in [0.2, 0.25) is 0 Å². The predicted molar refractivity (Wildman–Crippen MR) is 116 cm³/mol. The molecule has 1 aromatic carbocycles. The molecule has 7 nitrogen and oxygen atoms in total. The summed E-state index contributed by atoms with van der Waals surface area (Å²) in [6.45, 7) is 0. The molecule has 11 heteroatoms. The van der Waals surface area contributed by atoms with Crippen molar-refractivity contribution in [2.75, 3.05) is 12.4 Å². The Kier molecular flexibility index (Phi) is 5.92.